The molecule has 1 atom stereocenters. The number of hydrogen-bond donors (Lipinski definition) is 1. The molecule has 1 aliphatic rings. The maximum absolute atomic E-state index is 12.5. The molecule has 1 amide bonds. The molecule has 0 aromatic heterocycles. The van der Waals surface area contributed by atoms with Crippen molar-refractivity contribution in [1.29, 1.82) is 0 Å². The Hall–Kier alpha value is -2.17. The van der Waals surface area contributed by atoms with Gasteiger partial charge in [-0.25, -0.2) is 0 Å². The summed E-state index contributed by atoms with van der Waals surface area (Å²) in [4.78, 5) is 14.9. The van der Waals surface area contributed by atoms with Crippen molar-refractivity contribution in [2.75, 3.05) is 32.8 Å². The summed E-state index contributed by atoms with van der Waals surface area (Å²) in [5.74, 6) is 0.115. The number of morpholine rings is 1. The van der Waals surface area contributed by atoms with Gasteiger partial charge in [-0.05, 0) is 37.0 Å². The Bertz CT molecular complexity index is 739. The van der Waals surface area contributed by atoms with E-state index in [1.54, 1.807) is 0 Å². The summed E-state index contributed by atoms with van der Waals surface area (Å²) >= 11 is 0. The fraction of sp³-hybridized carbons (Fsp3) is 0.435. The van der Waals surface area contributed by atoms with Gasteiger partial charge in [0.15, 0.2) is 0 Å². The summed E-state index contributed by atoms with van der Waals surface area (Å²) in [5.41, 5.74) is 5.02. The maximum Gasteiger partial charge on any atom is 0.220 e. The largest absolute Gasteiger partial charge is 0.379 e. The second-order valence-electron chi connectivity index (χ2n) is 7.31. The number of carbonyl (C=O) groups excluding carboxylic acids is 1. The van der Waals surface area contributed by atoms with Crippen LogP contribution in [-0.2, 0) is 16.0 Å². The molecule has 1 fully saturated rings. The first-order chi connectivity index (χ1) is 13.1. The molecule has 1 aliphatic heterocycles. The first-order valence-corrected chi connectivity index (χ1v) is 9.83. The Morgan fingerprint density at radius 3 is 2.56 bits per heavy atom. The number of nitrogens with one attached hydrogen (secondary N) is 1. The lowest BCUT2D eigenvalue weighted by molar-refractivity contribution is -0.121. The van der Waals surface area contributed by atoms with E-state index in [4.69, 9.17) is 4.74 Å². The molecule has 4 heteroatoms. The molecule has 0 aliphatic carbocycles. The molecule has 2 aromatic carbocycles. The number of hydrogen-bond acceptors (Lipinski definition) is 3. The minimum atomic E-state index is 0.115. The molecule has 4 nitrogen and oxygen atoms in total. The molecule has 1 unspecified atom stereocenters. The Kier molecular flexibility index (Phi) is 7.02. The van der Waals surface area contributed by atoms with Crippen molar-refractivity contribution in [2.24, 2.45) is 0 Å². The van der Waals surface area contributed by atoms with Gasteiger partial charge in [-0.1, -0.05) is 54.1 Å². The number of amides is 1. The molecule has 144 valence electrons. The average molecular weight is 367 g/mol. The van der Waals surface area contributed by atoms with Crippen LogP contribution >= 0.6 is 0 Å². The molecule has 0 spiro atoms. The van der Waals surface area contributed by atoms with E-state index in [0.29, 0.717) is 13.0 Å². The van der Waals surface area contributed by atoms with Gasteiger partial charge in [0, 0.05) is 26.1 Å². The molecule has 1 heterocycles. The number of aryl methyl sites for hydroxylation is 3. The normalized spacial score (nSPS) is 16.1. The van der Waals surface area contributed by atoms with Crippen molar-refractivity contribution in [1.82, 2.24) is 10.2 Å². The lowest BCUT2D eigenvalue weighted by atomic mass is 10.0. The van der Waals surface area contributed by atoms with E-state index in [-0.39, 0.29) is 11.9 Å². The Labute approximate surface area is 162 Å². The van der Waals surface area contributed by atoms with Gasteiger partial charge >= 0.3 is 0 Å². The number of benzene rings is 2. The number of nitrogens with zero attached hydrogens (tertiary/aromatic N) is 1. The number of carbonyl (C=O) groups is 1. The Morgan fingerprint density at radius 1 is 1.11 bits per heavy atom. The highest BCUT2D eigenvalue weighted by molar-refractivity contribution is 5.76. The standard InChI is InChI=1S/C23H30N2O2/c1-18-8-9-20(19(2)16-18)10-11-23(26)24-17-22(21-6-4-3-5-7-21)25-12-14-27-15-13-25/h3-9,16,22H,10-15,17H2,1-2H3,(H,24,26). The molecule has 0 bridgehead atoms. The van der Waals surface area contributed by atoms with Crippen molar-refractivity contribution in [3.63, 3.8) is 0 Å². The zero-order valence-corrected chi connectivity index (χ0v) is 16.4. The fourth-order valence-corrected chi connectivity index (χ4v) is 3.70. The van der Waals surface area contributed by atoms with E-state index in [1.165, 1.54) is 22.3 Å². The van der Waals surface area contributed by atoms with Crippen LogP contribution in [0.25, 0.3) is 0 Å². The van der Waals surface area contributed by atoms with Gasteiger partial charge < -0.3 is 10.1 Å². The van der Waals surface area contributed by atoms with Crippen LogP contribution in [0.15, 0.2) is 48.5 Å². The van der Waals surface area contributed by atoms with Crippen molar-refractivity contribution in [3.05, 3.63) is 70.8 Å². The summed E-state index contributed by atoms with van der Waals surface area (Å²) in [6.07, 6.45) is 1.31. The first-order valence-electron chi connectivity index (χ1n) is 9.83. The Balaban J connectivity index is 1.56. The van der Waals surface area contributed by atoms with Gasteiger partial charge in [0.05, 0.1) is 19.3 Å². The summed E-state index contributed by atoms with van der Waals surface area (Å²) < 4.78 is 5.49. The quantitative estimate of drug-likeness (QED) is 0.816. The smallest absolute Gasteiger partial charge is 0.220 e. The molecular weight excluding hydrogens is 336 g/mol. The maximum atomic E-state index is 12.5. The molecule has 1 saturated heterocycles. The van der Waals surface area contributed by atoms with Gasteiger partial charge in [0.25, 0.3) is 0 Å². The van der Waals surface area contributed by atoms with Gasteiger partial charge in [-0.3, -0.25) is 9.69 Å². The van der Waals surface area contributed by atoms with E-state index in [9.17, 15) is 4.79 Å². The van der Waals surface area contributed by atoms with Crippen LogP contribution in [-0.4, -0.2) is 43.7 Å². The Morgan fingerprint density at radius 2 is 1.85 bits per heavy atom. The average Bonchev–Trinajstić information content (AvgIpc) is 2.69. The van der Waals surface area contributed by atoms with Crippen LogP contribution in [0, 0.1) is 13.8 Å². The molecule has 2 aromatic rings. The molecule has 27 heavy (non-hydrogen) atoms. The van der Waals surface area contributed by atoms with E-state index in [1.807, 2.05) is 6.07 Å². The third-order valence-corrected chi connectivity index (χ3v) is 5.28. The fourth-order valence-electron chi connectivity index (χ4n) is 3.70. The summed E-state index contributed by atoms with van der Waals surface area (Å²) in [7, 11) is 0. The number of ether oxygens (including phenoxy) is 1. The second-order valence-corrected chi connectivity index (χ2v) is 7.31. The van der Waals surface area contributed by atoms with Crippen LogP contribution < -0.4 is 5.32 Å². The second kappa shape index (κ2) is 9.67. The van der Waals surface area contributed by atoms with E-state index in [0.717, 1.165) is 32.7 Å². The van der Waals surface area contributed by atoms with Crippen molar-refractivity contribution in [3.8, 4) is 0 Å². The zero-order chi connectivity index (χ0) is 19.1. The van der Waals surface area contributed by atoms with Gasteiger partial charge in [-0.2, -0.15) is 0 Å². The highest BCUT2D eigenvalue weighted by Crippen LogP contribution is 2.21. The molecule has 0 saturated carbocycles. The third-order valence-electron chi connectivity index (χ3n) is 5.28. The van der Waals surface area contributed by atoms with Crippen molar-refractivity contribution >= 4 is 5.91 Å². The predicted octanol–water partition coefficient (Wildman–Crippen LogP) is 3.43. The van der Waals surface area contributed by atoms with Crippen molar-refractivity contribution < 1.29 is 9.53 Å². The lowest BCUT2D eigenvalue weighted by Crippen LogP contribution is -2.43. The van der Waals surface area contributed by atoms with Gasteiger partial charge in [0.1, 0.15) is 0 Å². The summed E-state index contributed by atoms with van der Waals surface area (Å²) in [5, 5.41) is 3.16. The van der Waals surface area contributed by atoms with Gasteiger partial charge in [0.2, 0.25) is 5.91 Å². The monoisotopic (exact) mass is 366 g/mol. The van der Waals surface area contributed by atoms with Gasteiger partial charge in [-0.15, -0.1) is 0 Å². The third kappa shape index (κ3) is 5.65. The molecule has 3 rings (SSSR count). The molecule has 1 N–H and O–H groups in total. The van der Waals surface area contributed by atoms with E-state index < -0.39 is 0 Å². The summed E-state index contributed by atoms with van der Waals surface area (Å²) in [6, 6.07) is 17.1. The van der Waals surface area contributed by atoms with Crippen LogP contribution in [0.3, 0.4) is 0 Å². The topological polar surface area (TPSA) is 41.6 Å². The van der Waals surface area contributed by atoms with Crippen LogP contribution in [0.5, 0.6) is 0 Å². The molecular formula is C23H30N2O2. The zero-order valence-electron chi connectivity index (χ0n) is 16.4. The van der Waals surface area contributed by atoms with Crippen LogP contribution in [0.2, 0.25) is 0 Å². The van der Waals surface area contributed by atoms with Crippen LogP contribution in [0.1, 0.15) is 34.7 Å². The van der Waals surface area contributed by atoms with Crippen LogP contribution in [0.4, 0.5) is 0 Å². The minimum absolute atomic E-state index is 0.115. The SMILES string of the molecule is Cc1ccc(CCC(=O)NCC(c2ccccc2)N2CCOCC2)c(C)c1. The highest BCUT2D eigenvalue weighted by Gasteiger charge is 2.23. The minimum Gasteiger partial charge on any atom is -0.379 e. The van der Waals surface area contributed by atoms with Crippen molar-refractivity contribution in [2.45, 2.75) is 32.7 Å². The highest BCUT2D eigenvalue weighted by atomic mass is 16.5. The van der Waals surface area contributed by atoms with E-state index in [2.05, 4.69) is 66.5 Å². The predicted molar refractivity (Wildman–Crippen MR) is 109 cm³/mol. The molecule has 0 radical (unpaired) electrons. The van der Waals surface area contributed by atoms with E-state index >= 15 is 0 Å². The summed E-state index contributed by atoms with van der Waals surface area (Å²) in [6.45, 7) is 8.16. The number of rotatable bonds is 7. The first kappa shape index (κ1) is 19.6. The lowest BCUT2D eigenvalue weighted by Gasteiger charge is -2.35.